The third-order valence-electron chi connectivity index (χ3n) is 8.97. The van der Waals surface area contributed by atoms with E-state index in [1.165, 1.54) is 0 Å². The maximum absolute atomic E-state index is 14.5. The average molecular weight is 602 g/mol. The first-order valence-corrected chi connectivity index (χ1v) is 16.2. The quantitative estimate of drug-likeness (QED) is 0.327. The maximum Gasteiger partial charge on any atom is 0.247 e. The molecule has 9 heteroatoms. The van der Waals surface area contributed by atoms with Gasteiger partial charge in [0.25, 0.3) is 0 Å². The van der Waals surface area contributed by atoms with Gasteiger partial charge in [0.05, 0.1) is 23.2 Å². The molecule has 0 aliphatic carbocycles. The van der Waals surface area contributed by atoms with Gasteiger partial charge in [-0.25, -0.2) is 0 Å². The number of rotatable bonds is 10. The van der Waals surface area contributed by atoms with Crippen molar-refractivity contribution in [3.05, 3.63) is 84.5 Å². The Labute approximate surface area is 257 Å². The van der Waals surface area contributed by atoms with Crippen molar-refractivity contribution in [3.8, 4) is 5.75 Å². The summed E-state index contributed by atoms with van der Waals surface area (Å²) in [5.41, 5.74) is 1.79. The van der Waals surface area contributed by atoms with Crippen molar-refractivity contribution in [2.45, 2.75) is 48.8 Å². The highest BCUT2D eigenvalue weighted by atomic mass is 32.2. The molecule has 226 valence electrons. The van der Waals surface area contributed by atoms with E-state index in [9.17, 15) is 19.5 Å². The summed E-state index contributed by atoms with van der Waals surface area (Å²) in [6, 6.07) is 16.7. The number of ether oxygens (including phenoxy) is 1. The number of thioether (sulfide) groups is 1. The molecule has 4 aliphatic heterocycles. The van der Waals surface area contributed by atoms with Crippen LogP contribution in [0.3, 0.4) is 0 Å². The number of aliphatic hydroxyl groups is 1. The first-order chi connectivity index (χ1) is 21.0. The molecule has 2 aromatic rings. The zero-order chi connectivity index (χ0) is 30.0. The summed E-state index contributed by atoms with van der Waals surface area (Å²) in [4.78, 5) is 48.7. The molecule has 3 amide bonds. The summed E-state index contributed by atoms with van der Waals surface area (Å²) >= 11 is 1.61. The van der Waals surface area contributed by atoms with Crippen molar-refractivity contribution in [1.29, 1.82) is 0 Å². The number of likely N-dealkylation sites (tertiary alicyclic amines) is 1. The molecule has 0 radical (unpaired) electrons. The Morgan fingerprint density at radius 2 is 1.72 bits per heavy atom. The van der Waals surface area contributed by atoms with Gasteiger partial charge < -0.3 is 24.5 Å². The normalized spacial score (nSPS) is 28.0. The molecular weight excluding hydrogens is 562 g/mol. The van der Waals surface area contributed by atoms with Crippen LogP contribution in [-0.4, -0.2) is 81.5 Å². The average Bonchev–Trinajstić information content (AvgIpc) is 3.33. The van der Waals surface area contributed by atoms with Crippen LogP contribution in [0.15, 0.2) is 78.9 Å². The van der Waals surface area contributed by atoms with Crippen LogP contribution in [0, 0.1) is 11.8 Å². The van der Waals surface area contributed by atoms with E-state index in [0.29, 0.717) is 45.6 Å². The molecule has 0 bridgehead atoms. The summed E-state index contributed by atoms with van der Waals surface area (Å²) in [6.07, 6.45) is 10.3. The number of unbranched alkanes of at least 4 members (excludes halogenated alkanes) is 2. The number of amides is 3. The van der Waals surface area contributed by atoms with Crippen molar-refractivity contribution >= 4 is 35.2 Å². The summed E-state index contributed by atoms with van der Waals surface area (Å²) < 4.78 is 4.76. The number of fused-ring (bicyclic) bond motifs is 2. The predicted octanol–water partition coefficient (Wildman–Crippen LogP) is 4.05. The van der Waals surface area contributed by atoms with E-state index in [4.69, 9.17) is 4.74 Å². The van der Waals surface area contributed by atoms with Gasteiger partial charge in [-0.1, -0.05) is 54.6 Å². The number of nitrogens with zero attached hydrogens (tertiary/aromatic N) is 3. The number of hydrogen-bond acceptors (Lipinski definition) is 6. The Morgan fingerprint density at radius 1 is 0.930 bits per heavy atom. The van der Waals surface area contributed by atoms with Crippen molar-refractivity contribution < 1.29 is 24.2 Å². The first kappa shape index (κ1) is 29.5. The van der Waals surface area contributed by atoms with E-state index in [2.05, 4.69) is 12.2 Å². The fraction of sp³-hybridized carbons (Fsp3) is 0.441. The Kier molecular flexibility index (Phi) is 8.63. The van der Waals surface area contributed by atoms with E-state index in [1.807, 2.05) is 78.6 Å². The predicted molar refractivity (Wildman–Crippen MR) is 168 cm³/mol. The van der Waals surface area contributed by atoms with Gasteiger partial charge in [-0.2, -0.15) is 0 Å². The van der Waals surface area contributed by atoms with E-state index >= 15 is 0 Å². The van der Waals surface area contributed by atoms with Gasteiger partial charge in [-0.15, -0.1) is 11.8 Å². The van der Waals surface area contributed by atoms with Crippen LogP contribution in [0.5, 0.6) is 5.75 Å². The van der Waals surface area contributed by atoms with Crippen LogP contribution in [-0.2, 0) is 20.9 Å². The largest absolute Gasteiger partial charge is 0.494 e. The molecule has 4 heterocycles. The highest BCUT2D eigenvalue weighted by Crippen LogP contribution is 2.61. The molecule has 1 spiro atoms. The minimum absolute atomic E-state index is 0.0735. The molecule has 0 saturated carbocycles. The van der Waals surface area contributed by atoms with Crippen LogP contribution >= 0.6 is 11.8 Å². The molecule has 2 fully saturated rings. The number of benzene rings is 2. The Morgan fingerprint density at radius 3 is 2.47 bits per heavy atom. The lowest BCUT2D eigenvalue weighted by Gasteiger charge is -2.35. The third kappa shape index (κ3) is 5.38. The van der Waals surface area contributed by atoms with Gasteiger partial charge in [-0.3, -0.25) is 14.4 Å². The number of carbonyl (C=O) groups is 3. The van der Waals surface area contributed by atoms with Crippen molar-refractivity contribution in [2.24, 2.45) is 11.8 Å². The molecule has 5 atom stereocenters. The van der Waals surface area contributed by atoms with Gasteiger partial charge in [-0.05, 0) is 56.0 Å². The van der Waals surface area contributed by atoms with Gasteiger partial charge in [0.1, 0.15) is 11.8 Å². The number of hydrogen-bond donors (Lipinski definition) is 1. The molecule has 43 heavy (non-hydrogen) atoms. The van der Waals surface area contributed by atoms with Gasteiger partial charge in [0.15, 0.2) is 0 Å². The Hall–Kier alpha value is -3.56. The van der Waals surface area contributed by atoms with Gasteiger partial charge >= 0.3 is 0 Å². The van der Waals surface area contributed by atoms with Crippen LogP contribution in [0.4, 0.5) is 5.69 Å². The van der Waals surface area contributed by atoms with Crippen molar-refractivity contribution in [1.82, 2.24) is 9.80 Å². The van der Waals surface area contributed by atoms with Crippen LogP contribution in [0.1, 0.15) is 31.7 Å². The lowest BCUT2D eigenvalue weighted by molar-refractivity contribution is -0.143. The van der Waals surface area contributed by atoms with Gasteiger partial charge in [0.2, 0.25) is 17.7 Å². The highest BCUT2D eigenvalue weighted by Gasteiger charge is 2.70. The Balaban J connectivity index is 1.35. The summed E-state index contributed by atoms with van der Waals surface area (Å²) in [5, 5.41) is 9.10. The summed E-state index contributed by atoms with van der Waals surface area (Å²) in [6.45, 7) is 4.33. The van der Waals surface area contributed by atoms with Crippen molar-refractivity contribution in [3.63, 3.8) is 0 Å². The van der Waals surface area contributed by atoms with Crippen molar-refractivity contribution in [2.75, 3.05) is 37.7 Å². The van der Waals surface area contributed by atoms with Crippen LogP contribution < -0.4 is 9.64 Å². The second kappa shape index (κ2) is 12.6. The smallest absolute Gasteiger partial charge is 0.247 e. The zero-order valence-corrected chi connectivity index (χ0v) is 25.3. The molecule has 8 nitrogen and oxygen atoms in total. The van der Waals surface area contributed by atoms with E-state index in [0.717, 1.165) is 23.4 Å². The zero-order valence-electron chi connectivity index (χ0n) is 24.5. The molecule has 6 rings (SSSR count). The SMILES string of the molecule is CCOc1ccc(N2CC=C[C@@H]3S[C@]45C=CCN(Cc6ccccc6)C(=O)C4N(CCCCCO)C(=O)[C@@H]5[C@@H]3C2=O)cc1. The topological polar surface area (TPSA) is 90.4 Å². The lowest BCUT2D eigenvalue weighted by atomic mass is 9.78. The fourth-order valence-corrected chi connectivity index (χ4v) is 9.07. The molecular formula is C34H39N3O5S. The minimum atomic E-state index is -0.840. The maximum atomic E-state index is 14.5. The second-order valence-electron chi connectivity index (χ2n) is 11.6. The second-order valence-corrected chi connectivity index (χ2v) is 13.1. The molecule has 0 aromatic heterocycles. The highest BCUT2D eigenvalue weighted by molar-refractivity contribution is 8.02. The number of carbonyl (C=O) groups excluding carboxylic acids is 3. The van der Waals surface area contributed by atoms with E-state index < -0.39 is 22.6 Å². The summed E-state index contributed by atoms with van der Waals surface area (Å²) in [5.74, 6) is -0.785. The number of anilines is 1. The Bertz CT molecular complexity index is 1400. The van der Waals surface area contributed by atoms with E-state index in [-0.39, 0.29) is 29.6 Å². The van der Waals surface area contributed by atoms with Crippen LogP contribution in [0.25, 0.3) is 0 Å². The van der Waals surface area contributed by atoms with Crippen LogP contribution in [0.2, 0.25) is 0 Å². The molecule has 1 N–H and O–H groups in total. The molecule has 4 aliphatic rings. The summed E-state index contributed by atoms with van der Waals surface area (Å²) in [7, 11) is 0. The van der Waals surface area contributed by atoms with Gasteiger partial charge in [0, 0.05) is 43.7 Å². The minimum Gasteiger partial charge on any atom is -0.494 e. The molecule has 2 aromatic carbocycles. The third-order valence-corrected chi connectivity index (χ3v) is 10.7. The molecule has 2 saturated heterocycles. The fourth-order valence-electron chi connectivity index (χ4n) is 7.06. The monoisotopic (exact) mass is 601 g/mol. The standard InChI is InChI=1S/C34H39N3O5S/c1-2-42-26-16-14-25(15-17-26)36-21-9-13-27-28(31(36)39)29-32(40)37(20-7-4-8-22-38)30-33(41)35(19-10-18-34(29,30)43-27)23-24-11-5-3-6-12-24/h3,5-6,9-18,27-30,38H,2,4,7-8,19-23H2,1H3/t27-,28+,29-,30?,34-/m0/s1. The first-order valence-electron chi connectivity index (χ1n) is 15.3. The van der Waals surface area contributed by atoms with E-state index in [1.54, 1.807) is 21.6 Å². The lowest BCUT2D eigenvalue weighted by Crippen LogP contribution is -2.53. The molecule has 1 unspecified atom stereocenters. The number of aliphatic hydroxyl groups excluding tert-OH is 1.